The minimum absolute atomic E-state index is 0.0178. The predicted octanol–water partition coefficient (Wildman–Crippen LogP) is 7.21. The summed E-state index contributed by atoms with van der Waals surface area (Å²) in [6, 6.07) is 0. The van der Waals surface area contributed by atoms with Crippen molar-refractivity contribution in [3.05, 3.63) is 60.8 Å². The highest BCUT2D eigenvalue weighted by atomic mass is 31.2. The van der Waals surface area contributed by atoms with E-state index >= 15 is 0 Å². The Hall–Kier alpha value is -2.71. The number of unbranched alkanes of at least 4 members (excludes halogenated alkanes) is 8. The second-order valence-corrected chi connectivity index (χ2v) is 21.3. The Labute approximate surface area is 426 Å². The number of aliphatic hydroxyl groups excluding tert-OH is 6. The van der Waals surface area contributed by atoms with E-state index in [0.29, 0.717) is 32.1 Å². The second-order valence-electron chi connectivity index (χ2n) is 18.7. The molecule has 0 amide bonds. The molecule has 72 heavy (non-hydrogen) atoms. The molecule has 0 aromatic rings. The zero-order chi connectivity index (χ0) is 53.4. The van der Waals surface area contributed by atoms with Crippen LogP contribution in [-0.2, 0) is 46.6 Å². The molecular formula is C51H86O19P2. The lowest BCUT2D eigenvalue weighted by Gasteiger charge is -2.38. The minimum atomic E-state index is -5.78. The maximum absolute atomic E-state index is 13.8. The molecule has 21 heteroatoms. The highest BCUT2D eigenvalue weighted by Crippen LogP contribution is 2.49. The van der Waals surface area contributed by atoms with Gasteiger partial charge in [0.2, 0.25) is 0 Å². The van der Waals surface area contributed by atoms with E-state index < -0.39 is 120 Å². The highest BCUT2D eigenvalue weighted by Gasteiger charge is 2.51. The van der Waals surface area contributed by atoms with Gasteiger partial charge in [0, 0.05) is 31.1 Å². The van der Waals surface area contributed by atoms with Crippen molar-refractivity contribution in [2.24, 2.45) is 11.8 Å². The van der Waals surface area contributed by atoms with Gasteiger partial charge < -0.3 is 54.8 Å². The molecule has 2 bridgehead atoms. The fourth-order valence-corrected chi connectivity index (χ4v) is 9.85. The van der Waals surface area contributed by atoms with E-state index in [1.54, 1.807) is 0 Å². The molecular weight excluding hydrogens is 978 g/mol. The fraction of sp³-hybridized carbons (Fsp3) is 0.745. The van der Waals surface area contributed by atoms with Crippen LogP contribution in [0.3, 0.4) is 0 Å². The number of Topliss-reactive ketones (excluding diaryl/α,β-unsaturated/α-hetero) is 1. The van der Waals surface area contributed by atoms with Crippen molar-refractivity contribution in [3.63, 3.8) is 0 Å². The van der Waals surface area contributed by atoms with Crippen LogP contribution in [0.2, 0.25) is 0 Å². The van der Waals surface area contributed by atoms with Gasteiger partial charge in [0.05, 0.1) is 31.0 Å². The van der Waals surface area contributed by atoms with Gasteiger partial charge in [-0.2, -0.15) is 0 Å². The van der Waals surface area contributed by atoms with Gasteiger partial charge in [-0.05, 0) is 70.6 Å². The van der Waals surface area contributed by atoms with Crippen LogP contribution in [0.4, 0.5) is 0 Å². The number of esters is 2. The second kappa shape index (κ2) is 37.1. The summed E-state index contributed by atoms with van der Waals surface area (Å²) in [4.78, 5) is 70.5. The first-order chi connectivity index (χ1) is 34.3. The summed E-state index contributed by atoms with van der Waals surface area (Å²) in [5, 5.41) is 68.2. The van der Waals surface area contributed by atoms with Crippen LogP contribution >= 0.6 is 15.6 Å². The Balaban J connectivity index is 2.21. The van der Waals surface area contributed by atoms with Crippen LogP contribution in [0.5, 0.6) is 0 Å². The monoisotopic (exact) mass is 1060 g/mol. The molecule has 0 spiro atoms. The molecule has 0 radical (unpaired) electrons. The predicted molar refractivity (Wildman–Crippen MR) is 270 cm³/mol. The summed E-state index contributed by atoms with van der Waals surface area (Å²) in [5.41, 5.74) is 0. The average Bonchev–Trinajstić information content (AvgIpc) is 3.32. The Morgan fingerprint density at radius 1 is 0.778 bits per heavy atom. The molecule has 0 aromatic heterocycles. The van der Waals surface area contributed by atoms with Crippen LogP contribution in [0.1, 0.15) is 162 Å². The van der Waals surface area contributed by atoms with Crippen molar-refractivity contribution >= 4 is 33.4 Å². The van der Waals surface area contributed by atoms with E-state index in [4.69, 9.17) is 23.0 Å². The maximum atomic E-state index is 13.8. The van der Waals surface area contributed by atoms with Gasteiger partial charge in [0.25, 0.3) is 0 Å². The van der Waals surface area contributed by atoms with Gasteiger partial charge in [-0.25, -0.2) is 9.13 Å². The Morgan fingerprint density at radius 2 is 1.38 bits per heavy atom. The van der Waals surface area contributed by atoms with Crippen LogP contribution in [-0.4, -0.2) is 131 Å². The molecule has 1 saturated carbocycles. The van der Waals surface area contributed by atoms with E-state index in [0.717, 1.165) is 57.4 Å². The summed E-state index contributed by atoms with van der Waals surface area (Å²) < 4.78 is 52.2. The number of ketones is 1. The molecule has 19 nitrogen and oxygen atoms in total. The number of ether oxygens (including phenoxy) is 2. The Morgan fingerprint density at radius 3 is 2.00 bits per heavy atom. The van der Waals surface area contributed by atoms with Gasteiger partial charge >= 0.3 is 27.6 Å². The maximum Gasteiger partial charge on any atom is 0.472 e. The zero-order valence-electron chi connectivity index (χ0n) is 42.3. The van der Waals surface area contributed by atoms with E-state index in [-0.39, 0.29) is 38.5 Å². The van der Waals surface area contributed by atoms with Crippen LogP contribution in [0, 0.1) is 11.8 Å². The molecule has 1 unspecified atom stereocenters. The first-order valence-electron chi connectivity index (χ1n) is 25.9. The summed E-state index contributed by atoms with van der Waals surface area (Å²) >= 11 is 0. The normalized spacial score (nSPS) is 29.8. The van der Waals surface area contributed by atoms with Crippen molar-refractivity contribution < 1.29 is 91.9 Å². The number of phosphoric acid groups is 2. The lowest BCUT2D eigenvalue weighted by Crippen LogP contribution is -2.56. The Kier molecular flexibility index (Phi) is 33.7. The summed E-state index contributed by atoms with van der Waals surface area (Å²) in [6.45, 7) is 2.53. The van der Waals surface area contributed by atoms with E-state index in [9.17, 15) is 68.8 Å². The number of hydrogen-bond acceptors (Lipinski definition) is 16. The fourth-order valence-electron chi connectivity index (χ4n) is 8.32. The SMILES string of the molecule is CCCCC/C=C\C/C=C\C/C=C\C/C=C\CCCCCC(=O)OC[C@@H]1COP(=O)(O)O[C@H]2[C@H](O)[C@@H](O)[C@H](O)[C@@H](CCCCCCC(=O)O1)C(=O)C[C@@H](O)[C@H](/C=C/[C@@H](O)CCCCC)[C@@H](O)[C@H]2OP(=O)(O)O. The van der Waals surface area contributed by atoms with Crippen LogP contribution in [0.15, 0.2) is 60.8 Å². The molecule has 12 atom stereocenters. The number of rotatable bonds is 26. The number of fused-ring (bicyclic) bond motifs is 4. The van der Waals surface area contributed by atoms with Crippen molar-refractivity contribution in [1.82, 2.24) is 0 Å². The van der Waals surface area contributed by atoms with Crippen molar-refractivity contribution in [2.45, 2.75) is 216 Å². The highest BCUT2D eigenvalue weighted by molar-refractivity contribution is 7.47. The minimum Gasteiger partial charge on any atom is -0.462 e. The lowest BCUT2D eigenvalue weighted by atomic mass is 9.83. The van der Waals surface area contributed by atoms with Gasteiger partial charge in [0.1, 0.15) is 36.8 Å². The van der Waals surface area contributed by atoms with Crippen molar-refractivity contribution in [3.8, 4) is 0 Å². The number of hydrogen-bond donors (Lipinski definition) is 9. The topological polar surface area (TPSA) is 314 Å². The standard InChI is InChI=1S/C51H86O19P2/c1-3-5-7-8-9-10-11-12-13-14-15-16-17-18-19-20-21-22-27-31-44(55)66-36-39-37-67-72(64,65)70-51-49(60)48(59)46(57)40(30-26-23-24-28-32-45(56)68-39)42(53)35-43(54)41(34-33-38(52)29-25-6-4-2)47(58)50(51)69-71(61,62)63/h9-10,12-13,15-16,18-19,33-34,38-41,43,46-52,54,57-60H,3-8,11,14,17,20-32,35-37H2,1-2H3,(H,64,65)(H2,61,62,63)/b10-9-,13-12-,16-15-,19-18-,34-33+/t38-,39+,40-,41-,43+,46+,47+,48-,49+,50+,51-/m0/s1. The first-order valence-corrected chi connectivity index (χ1v) is 29.0. The molecule has 0 aromatic carbocycles. The van der Waals surface area contributed by atoms with Gasteiger partial charge in [-0.1, -0.05) is 132 Å². The van der Waals surface area contributed by atoms with E-state index in [1.165, 1.54) is 25.3 Å². The van der Waals surface area contributed by atoms with Crippen molar-refractivity contribution in [1.29, 1.82) is 0 Å². The summed E-state index contributed by atoms with van der Waals surface area (Å²) in [5.74, 6) is -5.51. The largest absolute Gasteiger partial charge is 0.472 e. The summed E-state index contributed by atoms with van der Waals surface area (Å²) in [6.07, 6.45) is 12.8. The van der Waals surface area contributed by atoms with Crippen LogP contribution < -0.4 is 0 Å². The number of cyclic esters (lactones) is 1. The molecule has 1 heterocycles. The molecule has 2 fully saturated rings. The number of phosphoric ester groups is 2. The van der Waals surface area contributed by atoms with E-state index in [2.05, 4.69) is 55.5 Å². The van der Waals surface area contributed by atoms with Gasteiger partial charge in [-0.15, -0.1) is 0 Å². The number of aliphatic hydroxyl groups is 6. The zero-order valence-corrected chi connectivity index (χ0v) is 44.1. The lowest BCUT2D eigenvalue weighted by molar-refractivity contribution is -0.165. The molecule has 9 N–H and O–H groups in total. The molecule has 2 rings (SSSR count). The number of carbonyl (C=O) groups is 3. The molecule has 2 aliphatic rings. The Bertz CT molecular complexity index is 1780. The quantitative estimate of drug-likeness (QED) is 0.0179. The number of carbonyl (C=O) groups excluding carboxylic acids is 3. The third-order valence-electron chi connectivity index (χ3n) is 12.5. The summed E-state index contributed by atoms with van der Waals surface area (Å²) in [7, 11) is -11.5. The average molecular weight is 1070 g/mol. The van der Waals surface area contributed by atoms with E-state index in [1.807, 2.05) is 6.92 Å². The van der Waals surface area contributed by atoms with Gasteiger partial charge in [0.15, 0.2) is 6.10 Å². The molecule has 1 saturated heterocycles. The first kappa shape index (κ1) is 65.4. The molecule has 1 aliphatic carbocycles. The third-order valence-corrected chi connectivity index (χ3v) is 14.0. The van der Waals surface area contributed by atoms with Crippen LogP contribution in [0.25, 0.3) is 0 Å². The van der Waals surface area contributed by atoms with Crippen molar-refractivity contribution in [2.75, 3.05) is 13.2 Å². The smallest absolute Gasteiger partial charge is 0.462 e. The molecule has 1 aliphatic heterocycles. The van der Waals surface area contributed by atoms with Gasteiger partial charge in [-0.3, -0.25) is 28.0 Å². The molecule has 414 valence electrons. The number of allylic oxidation sites excluding steroid dienone is 8. The third kappa shape index (κ3) is 28.3.